The average molecular weight is 234 g/mol. The highest BCUT2D eigenvalue weighted by Gasteiger charge is 2.21. The van der Waals surface area contributed by atoms with E-state index in [0.29, 0.717) is 12.7 Å². The van der Waals surface area contributed by atoms with Crippen LogP contribution in [-0.4, -0.2) is 21.0 Å². The molecule has 0 N–H and O–H groups in total. The summed E-state index contributed by atoms with van der Waals surface area (Å²) in [5, 5.41) is 0. The first-order valence-corrected chi connectivity index (χ1v) is 8.89. The molecule has 0 spiro atoms. The lowest BCUT2D eigenvalue weighted by Crippen LogP contribution is -2.20. The summed E-state index contributed by atoms with van der Waals surface area (Å²) in [4.78, 5) is 11.2. The first kappa shape index (κ1) is 14.6. The SMILES string of the molecule is CCCCCCOC(=O)CC[Si](C)(C)F. The number of hydrogen-bond acceptors (Lipinski definition) is 2. The van der Waals surface area contributed by atoms with E-state index in [4.69, 9.17) is 4.74 Å². The zero-order valence-electron chi connectivity index (χ0n) is 10.1. The molecule has 0 rings (SSSR count). The first-order chi connectivity index (χ1) is 6.95. The van der Waals surface area contributed by atoms with E-state index in [1.165, 1.54) is 12.8 Å². The molecule has 0 saturated carbocycles. The van der Waals surface area contributed by atoms with Crippen molar-refractivity contribution in [1.82, 2.24) is 0 Å². The van der Waals surface area contributed by atoms with Crippen LogP contribution in [0.4, 0.5) is 4.11 Å². The maximum absolute atomic E-state index is 13.2. The summed E-state index contributed by atoms with van der Waals surface area (Å²) in [6.07, 6.45) is 4.63. The molecule has 90 valence electrons. The first-order valence-electron chi connectivity index (χ1n) is 5.80. The van der Waals surface area contributed by atoms with Gasteiger partial charge in [0.2, 0.25) is 8.41 Å². The molecule has 0 aliphatic rings. The second-order valence-electron chi connectivity index (χ2n) is 4.50. The fourth-order valence-electron chi connectivity index (χ4n) is 1.19. The van der Waals surface area contributed by atoms with Gasteiger partial charge in [0.05, 0.1) is 6.61 Å². The maximum Gasteiger partial charge on any atom is 0.305 e. The molecule has 0 radical (unpaired) electrons. The van der Waals surface area contributed by atoms with E-state index in [9.17, 15) is 8.90 Å². The minimum absolute atomic E-state index is 0.240. The van der Waals surface area contributed by atoms with Crippen molar-refractivity contribution in [3.8, 4) is 0 Å². The topological polar surface area (TPSA) is 26.3 Å². The summed E-state index contributed by atoms with van der Waals surface area (Å²) in [5.41, 5.74) is 0. The molecular weight excluding hydrogens is 211 g/mol. The molecule has 0 aliphatic carbocycles. The lowest BCUT2D eigenvalue weighted by atomic mass is 10.2. The quantitative estimate of drug-likeness (QED) is 0.277. The van der Waals surface area contributed by atoms with Crippen LogP contribution in [0.15, 0.2) is 0 Å². The summed E-state index contributed by atoms with van der Waals surface area (Å²) >= 11 is 0. The Bertz CT molecular complexity index is 178. The molecule has 0 aromatic heterocycles. The monoisotopic (exact) mass is 234 g/mol. The van der Waals surface area contributed by atoms with Crippen LogP contribution >= 0.6 is 0 Å². The number of ether oxygens (including phenoxy) is 1. The zero-order chi connectivity index (χ0) is 11.7. The molecule has 0 fully saturated rings. The minimum atomic E-state index is -2.58. The van der Waals surface area contributed by atoms with Crippen LogP contribution in [0, 0.1) is 0 Å². The van der Waals surface area contributed by atoms with Crippen molar-refractivity contribution in [3.05, 3.63) is 0 Å². The van der Waals surface area contributed by atoms with Gasteiger partial charge in [0.1, 0.15) is 0 Å². The van der Waals surface area contributed by atoms with E-state index >= 15 is 0 Å². The van der Waals surface area contributed by atoms with Gasteiger partial charge in [0, 0.05) is 6.42 Å². The van der Waals surface area contributed by atoms with E-state index in [0.717, 1.165) is 12.8 Å². The molecule has 0 aromatic rings. The van der Waals surface area contributed by atoms with Gasteiger partial charge >= 0.3 is 5.97 Å². The van der Waals surface area contributed by atoms with Gasteiger partial charge in [-0.1, -0.05) is 26.2 Å². The number of carbonyl (C=O) groups is 1. The summed E-state index contributed by atoms with van der Waals surface area (Å²) < 4.78 is 18.2. The van der Waals surface area contributed by atoms with Crippen LogP contribution in [0.3, 0.4) is 0 Å². The van der Waals surface area contributed by atoms with Crippen molar-refractivity contribution in [3.63, 3.8) is 0 Å². The average Bonchev–Trinajstić information content (AvgIpc) is 2.13. The second-order valence-corrected chi connectivity index (χ2v) is 8.44. The van der Waals surface area contributed by atoms with Crippen molar-refractivity contribution in [2.75, 3.05) is 6.61 Å². The Kier molecular flexibility index (Phi) is 7.65. The van der Waals surface area contributed by atoms with Gasteiger partial charge < -0.3 is 8.84 Å². The highest BCUT2D eigenvalue weighted by atomic mass is 28.4. The van der Waals surface area contributed by atoms with E-state index in [2.05, 4.69) is 6.92 Å². The van der Waals surface area contributed by atoms with E-state index < -0.39 is 8.41 Å². The van der Waals surface area contributed by atoms with Crippen LogP contribution in [0.1, 0.15) is 39.0 Å². The molecule has 0 atom stereocenters. The van der Waals surface area contributed by atoms with Crippen LogP contribution in [0.5, 0.6) is 0 Å². The van der Waals surface area contributed by atoms with Crippen molar-refractivity contribution >= 4 is 14.4 Å². The highest BCUT2D eigenvalue weighted by molar-refractivity contribution is 6.70. The zero-order valence-corrected chi connectivity index (χ0v) is 11.1. The van der Waals surface area contributed by atoms with Gasteiger partial charge in [0.15, 0.2) is 0 Å². The molecule has 0 aromatic carbocycles. The van der Waals surface area contributed by atoms with Gasteiger partial charge in [-0.2, -0.15) is 0 Å². The van der Waals surface area contributed by atoms with Crippen molar-refractivity contribution in [2.45, 2.75) is 58.2 Å². The molecule has 0 heterocycles. The second kappa shape index (κ2) is 7.85. The van der Waals surface area contributed by atoms with Gasteiger partial charge in [-0.05, 0) is 25.6 Å². The minimum Gasteiger partial charge on any atom is -0.466 e. The maximum atomic E-state index is 13.2. The van der Waals surface area contributed by atoms with Crippen LogP contribution in [-0.2, 0) is 9.53 Å². The molecule has 2 nitrogen and oxygen atoms in total. The number of halogens is 1. The Morgan fingerprint density at radius 3 is 2.47 bits per heavy atom. The molecule has 0 unspecified atom stereocenters. The fraction of sp³-hybridized carbons (Fsp3) is 0.909. The normalized spacial score (nSPS) is 11.5. The molecule has 0 aliphatic heterocycles. The number of rotatable bonds is 8. The van der Waals surface area contributed by atoms with Crippen molar-refractivity contribution in [2.24, 2.45) is 0 Å². The molecular formula is C11H23FO2Si. The Morgan fingerprint density at radius 1 is 1.27 bits per heavy atom. The fourth-order valence-corrected chi connectivity index (χ4v) is 1.98. The lowest BCUT2D eigenvalue weighted by Gasteiger charge is -2.10. The number of esters is 1. The number of carbonyl (C=O) groups excluding carboxylic acids is 1. The summed E-state index contributed by atoms with van der Waals surface area (Å²) in [7, 11) is -2.58. The Labute approximate surface area is 93.4 Å². The Hall–Kier alpha value is -0.383. The van der Waals surface area contributed by atoms with Gasteiger partial charge in [0.25, 0.3) is 0 Å². The van der Waals surface area contributed by atoms with Gasteiger partial charge in [-0.15, -0.1) is 0 Å². The third-order valence-electron chi connectivity index (χ3n) is 2.18. The lowest BCUT2D eigenvalue weighted by molar-refractivity contribution is -0.143. The van der Waals surface area contributed by atoms with E-state index in [1.807, 2.05) is 0 Å². The van der Waals surface area contributed by atoms with Crippen LogP contribution < -0.4 is 0 Å². The van der Waals surface area contributed by atoms with E-state index in [-0.39, 0.29) is 12.4 Å². The molecule has 0 amide bonds. The predicted octanol–water partition coefficient (Wildman–Crippen LogP) is 3.67. The number of hydrogen-bond donors (Lipinski definition) is 0. The summed E-state index contributed by atoms with van der Waals surface area (Å²) in [6, 6.07) is 0.376. The van der Waals surface area contributed by atoms with Crippen molar-refractivity contribution < 1.29 is 13.6 Å². The van der Waals surface area contributed by atoms with Gasteiger partial charge in [-0.25, -0.2) is 0 Å². The van der Waals surface area contributed by atoms with Gasteiger partial charge in [-0.3, -0.25) is 4.79 Å². The van der Waals surface area contributed by atoms with Crippen LogP contribution in [0.2, 0.25) is 19.1 Å². The third-order valence-corrected chi connectivity index (χ3v) is 3.62. The molecule has 15 heavy (non-hydrogen) atoms. The highest BCUT2D eigenvalue weighted by Crippen LogP contribution is 2.13. The largest absolute Gasteiger partial charge is 0.466 e. The predicted molar refractivity (Wildman–Crippen MR) is 63.1 cm³/mol. The summed E-state index contributed by atoms with van der Waals surface area (Å²) in [6.45, 7) is 5.86. The third kappa shape index (κ3) is 11.5. The van der Waals surface area contributed by atoms with Crippen LogP contribution in [0.25, 0.3) is 0 Å². The van der Waals surface area contributed by atoms with Crippen molar-refractivity contribution in [1.29, 1.82) is 0 Å². The standard InChI is InChI=1S/C11H23FO2Si/c1-4-5-6-7-9-14-11(13)8-10-15(2,3)12/h4-10H2,1-3H3. The number of unbranched alkanes of at least 4 members (excludes halogenated alkanes) is 3. The molecule has 0 saturated heterocycles. The summed E-state index contributed by atoms with van der Waals surface area (Å²) in [5.74, 6) is -0.246. The Balaban J connectivity index is 3.34. The Morgan fingerprint density at radius 2 is 1.93 bits per heavy atom. The van der Waals surface area contributed by atoms with E-state index in [1.54, 1.807) is 13.1 Å². The smallest absolute Gasteiger partial charge is 0.305 e. The molecule has 0 bridgehead atoms. The molecule has 4 heteroatoms.